The molecule has 20 heavy (non-hydrogen) atoms. The van der Waals surface area contributed by atoms with E-state index >= 15 is 0 Å². The average molecular weight is 411 g/mol. The Morgan fingerprint density at radius 2 is 2.10 bits per heavy atom. The molecule has 0 amide bonds. The van der Waals surface area contributed by atoms with Crippen LogP contribution >= 0.6 is 15.9 Å². The maximum absolute atomic E-state index is 10.4. The van der Waals surface area contributed by atoms with Gasteiger partial charge in [0.25, 0.3) is 0 Å². The summed E-state index contributed by atoms with van der Waals surface area (Å²) in [6, 6.07) is 7.09. The molecule has 1 N–H and O–H groups in total. The van der Waals surface area contributed by atoms with Crippen molar-refractivity contribution in [2.75, 3.05) is 23.3 Å². The predicted molar refractivity (Wildman–Crippen MR) is 81.1 cm³/mol. The number of anilines is 1. The summed E-state index contributed by atoms with van der Waals surface area (Å²) < 4.78 is 0. The third-order valence-corrected chi connectivity index (χ3v) is 4.21. The Hall–Kier alpha value is 0.0539. The molecule has 1 aromatic rings. The number of hydrogen-bond donors (Lipinski definition) is 1. The summed E-state index contributed by atoms with van der Waals surface area (Å²) >= 11 is 3.40. The predicted octanol–water partition coefficient (Wildman–Crippen LogP) is 3.46. The second-order valence-corrected chi connectivity index (χ2v) is 5.91. The second-order valence-electron chi connectivity index (χ2n) is 5.12. The SMILES string of the molecule is [C-]#[N+]c1ccc(N2CCC(O)(CCBr)CC2)[c-]c1C.[Y]. The van der Waals surface area contributed by atoms with E-state index in [1.807, 2.05) is 19.1 Å². The molecule has 0 spiro atoms. The molecule has 1 aliphatic rings. The van der Waals surface area contributed by atoms with Gasteiger partial charge in [0.05, 0.1) is 5.60 Å². The molecule has 1 saturated heterocycles. The van der Waals surface area contributed by atoms with Crippen LogP contribution in [0, 0.1) is 19.6 Å². The topological polar surface area (TPSA) is 27.8 Å². The van der Waals surface area contributed by atoms with Crippen LogP contribution in [-0.2, 0) is 32.7 Å². The summed E-state index contributed by atoms with van der Waals surface area (Å²) in [6.45, 7) is 10.7. The third-order valence-electron chi connectivity index (χ3n) is 3.81. The van der Waals surface area contributed by atoms with Gasteiger partial charge >= 0.3 is 0 Å². The van der Waals surface area contributed by atoms with Crippen molar-refractivity contribution in [3.8, 4) is 0 Å². The van der Waals surface area contributed by atoms with Gasteiger partial charge < -0.3 is 10.0 Å². The van der Waals surface area contributed by atoms with E-state index in [1.165, 1.54) is 0 Å². The zero-order valence-corrected chi connectivity index (χ0v) is 16.1. The van der Waals surface area contributed by atoms with Gasteiger partial charge in [-0.05, 0) is 19.3 Å². The van der Waals surface area contributed by atoms with Crippen LogP contribution in [0.3, 0.4) is 0 Å². The molecule has 3 nitrogen and oxygen atoms in total. The Bertz CT molecular complexity index is 493. The van der Waals surface area contributed by atoms with Gasteiger partial charge in [0.15, 0.2) is 0 Å². The van der Waals surface area contributed by atoms with E-state index in [1.54, 1.807) is 0 Å². The normalized spacial score (nSPS) is 17.2. The zero-order valence-electron chi connectivity index (χ0n) is 11.7. The molecule has 2 rings (SSSR count). The average Bonchev–Trinajstić information content (AvgIpc) is 2.39. The number of aryl methyl sites for hydroxylation is 1. The largest absolute Gasteiger partial charge is 0.393 e. The molecular weight excluding hydrogens is 393 g/mol. The van der Waals surface area contributed by atoms with E-state index < -0.39 is 5.60 Å². The monoisotopic (exact) mass is 410 g/mol. The molecule has 105 valence electrons. The maximum atomic E-state index is 10.4. The van der Waals surface area contributed by atoms with Gasteiger partial charge in [0, 0.05) is 51.1 Å². The van der Waals surface area contributed by atoms with E-state index in [0.717, 1.165) is 48.9 Å². The number of rotatable bonds is 3. The van der Waals surface area contributed by atoms with Gasteiger partial charge in [0.2, 0.25) is 5.69 Å². The smallest absolute Gasteiger partial charge is 0.210 e. The third kappa shape index (κ3) is 4.27. The number of alkyl halides is 1. The van der Waals surface area contributed by atoms with Crippen molar-refractivity contribution in [2.24, 2.45) is 0 Å². The molecule has 0 unspecified atom stereocenters. The van der Waals surface area contributed by atoms with Gasteiger partial charge in [-0.15, -0.1) is 12.1 Å². The minimum atomic E-state index is -0.522. The van der Waals surface area contributed by atoms with Crippen molar-refractivity contribution in [3.63, 3.8) is 0 Å². The number of halogens is 1. The van der Waals surface area contributed by atoms with Crippen molar-refractivity contribution in [3.05, 3.63) is 35.2 Å². The molecule has 0 atom stereocenters. The fourth-order valence-electron chi connectivity index (χ4n) is 2.48. The van der Waals surface area contributed by atoms with E-state index in [2.05, 4.69) is 31.7 Å². The fourth-order valence-corrected chi connectivity index (χ4v) is 3.21. The molecule has 0 saturated carbocycles. The maximum Gasteiger partial charge on any atom is 0.210 e. The molecule has 0 aliphatic carbocycles. The standard InChI is InChI=1S/C15H18BrN2O.Y/c1-12-11-13(3-4-14(12)17-2)18-9-6-15(19,5-8-16)7-10-18;/h3-4,19H,5-10H2,1H3;/q-1;. The minimum Gasteiger partial charge on any atom is -0.393 e. The van der Waals surface area contributed by atoms with Gasteiger partial charge in [-0.3, -0.25) is 0 Å². The van der Waals surface area contributed by atoms with Gasteiger partial charge in [-0.25, -0.2) is 4.85 Å². The molecule has 5 heteroatoms. The van der Waals surface area contributed by atoms with Crippen LogP contribution in [-0.4, -0.2) is 29.1 Å². The Balaban J connectivity index is 0.00000200. The number of hydrogen-bond acceptors (Lipinski definition) is 2. The van der Waals surface area contributed by atoms with E-state index in [0.29, 0.717) is 5.69 Å². The summed E-state index contributed by atoms with van der Waals surface area (Å²) in [5.74, 6) is 0. The Morgan fingerprint density at radius 3 is 2.60 bits per heavy atom. The number of nitrogens with zero attached hydrogens (tertiary/aromatic N) is 2. The van der Waals surface area contributed by atoms with E-state index in [-0.39, 0.29) is 32.7 Å². The molecule has 0 bridgehead atoms. The summed E-state index contributed by atoms with van der Waals surface area (Å²) in [4.78, 5) is 5.70. The summed E-state index contributed by atoms with van der Waals surface area (Å²) in [7, 11) is 0. The Morgan fingerprint density at radius 1 is 1.45 bits per heavy atom. The first-order valence-corrected chi connectivity index (χ1v) is 7.64. The van der Waals surface area contributed by atoms with Crippen molar-refractivity contribution in [1.82, 2.24) is 0 Å². The van der Waals surface area contributed by atoms with Crippen LogP contribution in [0.4, 0.5) is 11.4 Å². The number of aliphatic hydroxyl groups is 1. The Labute approximate surface area is 154 Å². The number of piperidine rings is 1. The van der Waals surface area contributed by atoms with Crippen LogP contribution < -0.4 is 4.90 Å². The first-order valence-electron chi connectivity index (χ1n) is 6.52. The molecule has 1 aromatic carbocycles. The molecular formula is C15H18BrN2OY-. The van der Waals surface area contributed by atoms with E-state index in [4.69, 9.17) is 6.57 Å². The molecule has 1 radical (unpaired) electrons. The van der Waals surface area contributed by atoms with E-state index in [9.17, 15) is 5.11 Å². The first kappa shape index (κ1) is 18.1. The van der Waals surface area contributed by atoms with Crippen molar-refractivity contribution < 1.29 is 37.8 Å². The fraction of sp³-hybridized carbons (Fsp3) is 0.533. The van der Waals surface area contributed by atoms with Gasteiger partial charge in [-0.1, -0.05) is 40.2 Å². The molecule has 1 fully saturated rings. The van der Waals surface area contributed by atoms with Crippen molar-refractivity contribution >= 4 is 27.3 Å². The first-order chi connectivity index (χ1) is 9.08. The van der Waals surface area contributed by atoms with Crippen LogP contribution in [0.15, 0.2) is 12.1 Å². The van der Waals surface area contributed by atoms with Crippen molar-refractivity contribution in [1.29, 1.82) is 0 Å². The van der Waals surface area contributed by atoms with Crippen LogP contribution in [0.1, 0.15) is 24.8 Å². The second kappa shape index (κ2) is 7.89. The molecule has 0 aromatic heterocycles. The zero-order chi connectivity index (χ0) is 13.9. The minimum absolute atomic E-state index is 0. The van der Waals surface area contributed by atoms with Gasteiger partial charge in [0.1, 0.15) is 6.57 Å². The summed E-state index contributed by atoms with van der Waals surface area (Å²) in [6.07, 6.45) is 2.38. The summed E-state index contributed by atoms with van der Waals surface area (Å²) in [5.41, 5.74) is 2.07. The summed E-state index contributed by atoms with van der Waals surface area (Å²) in [5, 5.41) is 11.2. The van der Waals surface area contributed by atoms with Crippen LogP contribution in [0.25, 0.3) is 4.85 Å². The van der Waals surface area contributed by atoms with Crippen molar-refractivity contribution in [2.45, 2.75) is 31.8 Å². The molecule has 1 heterocycles. The Kier molecular flexibility index (Phi) is 7.14. The van der Waals surface area contributed by atoms with Crippen LogP contribution in [0.2, 0.25) is 0 Å². The van der Waals surface area contributed by atoms with Gasteiger partial charge in [-0.2, -0.15) is 0 Å². The number of benzene rings is 1. The quantitative estimate of drug-likeness (QED) is 0.610. The molecule has 1 aliphatic heterocycles. The van der Waals surface area contributed by atoms with Crippen LogP contribution in [0.5, 0.6) is 0 Å².